The van der Waals surface area contributed by atoms with E-state index in [4.69, 9.17) is 15.2 Å². The number of ether oxygens (including phenoxy) is 2. The van der Waals surface area contributed by atoms with Gasteiger partial charge in [0.2, 0.25) is 6.79 Å². The smallest absolute Gasteiger partial charge is 0.231 e. The van der Waals surface area contributed by atoms with Gasteiger partial charge in [-0.1, -0.05) is 31.7 Å². The molecule has 1 aromatic carbocycles. The molecule has 0 radical (unpaired) electrons. The summed E-state index contributed by atoms with van der Waals surface area (Å²) in [6.07, 6.45) is 3.18. The maximum atomic E-state index is 13.3. The molecule has 5 rings (SSSR count). The van der Waals surface area contributed by atoms with E-state index in [2.05, 4.69) is 29.1 Å². The van der Waals surface area contributed by atoms with Crippen molar-refractivity contribution in [3.05, 3.63) is 40.6 Å². The number of carbonyl (C=O) groups is 1. The number of thioether (sulfide) groups is 1. The van der Waals surface area contributed by atoms with Crippen molar-refractivity contribution in [3.63, 3.8) is 0 Å². The summed E-state index contributed by atoms with van der Waals surface area (Å²) in [4.78, 5) is 22.4. The fraction of sp³-hybridized carbons (Fsp3) is 0.381. The minimum absolute atomic E-state index is 0.110. The molecule has 29 heavy (non-hydrogen) atoms. The average molecular weight is 410 g/mol. The van der Waals surface area contributed by atoms with Crippen molar-refractivity contribution in [2.24, 2.45) is 5.41 Å². The molecule has 0 saturated carbocycles. The highest BCUT2D eigenvalue weighted by Crippen LogP contribution is 2.51. The Morgan fingerprint density at radius 3 is 2.79 bits per heavy atom. The van der Waals surface area contributed by atoms with E-state index in [0.717, 1.165) is 28.8 Å². The van der Waals surface area contributed by atoms with Gasteiger partial charge >= 0.3 is 0 Å². The number of rotatable bonds is 2. The van der Waals surface area contributed by atoms with Crippen LogP contribution in [0.2, 0.25) is 0 Å². The molecule has 2 aliphatic heterocycles. The fourth-order valence-corrected chi connectivity index (χ4v) is 4.80. The first kappa shape index (κ1) is 18.3. The number of allylic oxidation sites excluding steroid dienone is 2. The first-order chi connectivity index (χ1) is 13.9. The molecule has 8 heteroatoms. The van der Waals surface area contributed by atoms with Gasteiger partial charge in [-0.25, -0.2) is 9.97 Å². The maximum Gasteiger partial charge on any atom is 0.231 e. The molecule has 3 N–H and O–H groups in total. The van der Waals surface area contributed by atoms with Crippen molar-refractivity contribution in [1.82, 2.24) is 9.97 Å². The molecule has 2 aromatic rings. The third kappa shape index (κ3) is 2.93. The van der Waals surface area contributed by atoms with Gasteiger partial charge in [0, 0.05) is 29.2 Å². The molecule has 3 heterocycles. The predicted octanol–water partition coefficient (Wildman–Crippen LogP) is 3.71. The molecule has 1 atom stereocenters. The van der Waals surface area contributed by atoms with E-state index in [1.807, 2.05) is 24.5 Å². The lowest BCUT2D eigenvalue weighted by Crippen LogP contribution is -2.34. The third-order valence-electron chi connectivity index (χ3n) is 5.63. The summed E-state index contributed by atoms with van der Waals surface area (Å²) in [5.74, 6) is 2.23. The van der Waals surface area contributed by atoms with Gasteiger partial charge in [0.25, 0.3) is 0 Å². The molecule has 0 saturated heterocycles. The molecule has 0 spiro atoms. The highest BCUT2D eigenvalue weighted by Gasteiger charge is 2.42. The van der Waals surface area contributed by atoms with Crippen LogP contribution in [0.5, 0.6) is 11.5 Å². The van der Waals surface area contributed by atoms with Crippen LogP contribution < -0.4 is 20.5 Å². The van der Waals surface area contributed by atoms with E-state index in [1.54, 1.807) is 0 Å². The number of anilines is 2. The molecule has 150 valence electrons. The van der Waals surface area contributed by atoms with Crippen molar-refractivity contribution in [3.8, 4) is 11.5 Å². The largest absolute Gasteiger partial charge is 0.454 e. The summed E-state index contributed by atoms with van der Waals surface area (Å²) >= 11 is 1.44. The van der Waals surface area contributed by atoms with E-state index in [9.17, 15) is 4.79 Å². The Kier molecular flexibility index (Phi) is 4.03. The average Bonchev–Trinajstić information content (AvgIpc) is 3.12. The Hall–Kier alpha value is -2.74. The number of benzene rings is 1. The standard InChI is InChI=1S/C21H22N4O3S/c1-21(2)7-11-16(12(26)8-21)15(10-4-5-13-14(6-10)28-9-27-13)17-18(22)24-20(29-3)25-19(17)23-11/h4-6,15H,7-9H2,1-3H3,(H3,22,23,24,25)/t15-/m0/s1. The lowest BCUT2D eigenvalue weighted by Gasteiger charge is -2.39. The normalized spacial score (nSPS) is 21.5. The number of carbonyl (C=O) groups excluding carboxylic acids is 1. The number of ketones is 1. The van der Waals surface area contributed by atoms with Crippen LogP contribution in [0.3, 0.4) is 0 Å². The number of nitrogens with one attached hydrogen (secondary N) is 1. The molecule has 0 fully saturated rings. The van der Waals surface area contributed by atoms with Crippen molar-refractivity contribution in [2.45, 2.75) is 37.8 Å². The molecule has 3 aliphatic rings. The van der Waals surface area contributed by atoms with Crippen LogP contribution in [0, 0.1) is 5.41 Å². The van der Waals surface area contributed by atoms with Gasteiger partial charge in [-0.2, -0.15) is 0 Å². The quantitative estimate of drug-likeness (QED) is 0.571. The number of hydrogen-bond donors (Lipinski definition) is 2. The Bertz CT molecular complexity index is 1080. The highest BCUT2D eigenvalue weighted by atomic mass is 32.2. The minimum Gasteiger partial charge on any atom is -0.454 e. The topological polar surface area (TPSA) is 99.4 Å². The van der Waals surface area contributed by atoms with E-state index in [1.165, 1.54) is 11.8 Å². The van der Waals surface area contributed by atoms with E-state index < -0.39 is 0 Å². The molecule has 1 aliphatic carbocycles. The van der Waals surface area contributed by atoms with Gasteiger partial charge < -0.3 is 20.5 Å². The van der Waals surface area contributed by atoms with E-state index >= 15 is 0 Å². The van der Waals surface area contributed by atoms with Crippen molar-refractivity contribution in [2.75, 3.05) is 24.1 Å². The number of hydrogen-bond acceptors (Lipinski definition) is 8. The Labute approximate surface area is 173 Å². The van der Waals surface area contributed by atoms with Crippen molar-refractivity contribution < 1.29 is 14.3 Å². The zero-order valence-corrected chi connectivity index (χ0v) is 17.4. The van der Waals surface area contributed by atoms with Crippen LogP contribution >= 0.6 is 11.8 Å². The van der Waals surface area contributed by atoms with Gasteiger partial charge in [-0.05, 0) is 35.8 Å². The number of aromatic nitrogens is 2. The lowest BCUT2D eigenvalue weighted by molar-refractivity contribution is -0.118. The summed E-state index contributed by atoms with van der Waals surface area (Å²) in [7, 11) is 0. The third-order valence-corrected chi connectivity index (χ3v) is 6.18. The molecule has 7 nitrogen and oxygen atoms in total. The lowest BCUT2D eigenvalue weighted by atomic mass is 9.69. The van der Waals surface area contributed by atoms with Gasteiger partial charge in [-0.15, -0.1) is 0 Å². The van der Waals surface area contributed by atoms with Crippen LogP contribution in [0.15, 0.2) is 34.6 Å². The predicted molar refractivity (Wildman–Crippen MR) is 111 cm³/mol. The molecule has 0 amide bonds. The van der Waals surface area contributed by atoms with E-state index in [0.29, 0.717) is 34.7 Å². The molecule has 0 unspecified atom stereocenters. The first-order valence-electron chi connectivity index (χ1n) is 9.50. The summed E-state index contributed by atoms with van der Waals surface area (Å²) in [6, 6.07) is 5.78. The van der Waals surface area contributed by atoms with Crippen LogP contribution in [-0.4, -0.2) is 28.8 Å². The molecular formula is C21H22N4O3S. The maximum absolute atomic E-state index is 13.3. The fourth-order valence-electron chi connectivity index (χ4n) is 4.43. The molecular weight excluding hydrogens is 388 g/mol. The Morgan fingerprint density at radius 2 is 2.00 bits per heavy atom. The summed E-state index contributed by atoms with van der Waals surface area (Å²) in [5, 5.41) is 4.01. The highest BCUT2D eigenvalue weighted by molar-refractivity contribution is 7.98. The van der Waals surface area contributed by atoms with Crippen LogP contribution in [0.1, 0.15) is 43.7 Å². The number of nitrogens with zero attached hydrogens (tertiary/aromatic N) is 2. The zero-order chi connectivity index (χ0) is 20.3. The SMILES string of the molecule is CSc1nc(N)c2c(n1)NC1=C(C(=O)CC(C)(C)C1)[C@@H]2c1ccc2c(c1)OCO2. The van der Waals surface area contributed by atoms with Gasteiger partial charge in [-0.3, -0.25) is 4.79 Å². The second kappa shape index (κ2) is 6.38. The second-order valence-corrected chi connectivity index (χ2v) is 9.14. The van der Waals surface area contributed by atoms with Gasteiger partial charge in [0.15, 0.2) is 22.4 Å². The van der Waals surface area contributed by atoms with Crippen molar-refractivity contribution in [1.29, 1.82) is 0 Å². The summed E-state index contributed by atoms with van der Waals surface area (Å²) < 4.78 is 11.0. The molecule has 1 aromatic heterocycles. The number of nitrogens with two attached hydrogens (primary N) is 1. The van der Waals surface area contributed by atoms with Crippen LogP contribution in [0.4, 0.5) is 11.6 Å². The summed E-state index contributed by atoms with van der Waals surface area (Å²) in [5.41, 5.74) is 9.61. The minimum atomic E-state index is -0.338. The summed E-state index contributed by atoms with van der Waals surface area (Å²) in [6.45, 7) is 4.43. The first-order valence-corrected chi connectivity index (χ1v) is 10.7. The van der Waals surface area contributed by atoms with Crippen LogP contribution in [0.25, 0.3) is 0 Å². The Morgan fingerprint density at radius 1 is 1.21 bits per heavy atom. The second-order valence-electron chi connectivity index (χ2n) is 8.36. The monoisotopic (exact) mass is 410 g/mol. The number of nitrogen functional groups attached to an aromatic ring is 1. The van der Waals surface area contributed by atoms with Gasteiger partial charge in [0.05, 0.1) is 0 Å². The number of Topliss-reactive ketones (excluding diaryl/α,β-unsaturated/α-hetero) is 1. The Balaban J connectivity index is 1.74. The number of fused-ring (bicyclic) bond motifs is 2. The van der Waals surface area contributed by atoms with Crippen LogP contribution in [-0.2, 0) is 4.79 Å². The zero-order valence-electron chi connectivity index (χ0n) is 16.5. The molecule has 0 bridgehead atoms. The van der Waals surface area contributed by atoms with E-state index in [-0.39, 0.29) is 23.9 Å². The van der Waals surface area contributed by atoms with Crippen molar-refractivity contribution >= 4 is 29.2 Å². The van der Waals surface area contributed by atoms with Gasteiger partial charge in [0.1, 0.15) is 11.6 Å².